The van der Waals surface area contributed by atoms with Crippen molar-refractivity contribution in [1.29, 1.82) is 0 Å². The molecule has 0 aromatic carbocycles. The van der Waals surface area contributed by atoms with Gasteiger partial charge in [0.1, 0.15) is 17.2 Å². The van der Waals surface area contributed by atoms with Crippen molar-refractivity contribution in [2.75, 3.05) is 6.54 Å². The van der Waals surface area contributed by atoms with Gasteiger partial charge < -0.3 is 8.94 Å². The van der Waals surface area contributed by atoms with Crippen LogP contribution in [0.15, 0.2) is 32.5 Å². The molecule has 1 aliphatic heterocycles. The monoisotopic (exact) mass is 329 g/mol. The maximum absolute atomic E-state index is 5.85. The van der Waals surface area contributed by atoms with Gasteiger partial charge in [-0.05, 0) is 44.7 Å². The first kappa shape index (κ1) is 14.7. The van der Waals surface area contributed by atoms with E-state index in [1.807, 2.05) is 37.4 Å². The molecule has 6 heteroatoms. The fourth-order valence-corrected chi connectivity index (χ4v) is 3.81. The van der Waals surface area contributed by atoms with E-state index in [0.717, 1.165) is 53.2 Å². The SMILES string of the molecule is Cc1cc([C@H]2CCCN2Cc2nc(-c3cccs3)oc2C)no1. The Hall–Kier alpha value is -1.92. The van der Waals surface area contributed by atoms with Crippen molar-refractivity contribution in [2.45, 2.75) is 39.3 Å². The second kappa shape index (κ2) is 5.94. The molecule has 4 heterocycles. The molecule has 5 nitrogen and oxygen atoms in total. The minimum atomic E-state index is 0.314. The zero-order chi connectivity index (χ0) is 15.8. The summed E-state index contributed by atoms with van der Waals surface area (Å²) in [6, 6.07) is 6.41. The molecule has 0 amide bonds. The van der Waals surface area contributed by atoms with E-state index >= 15 is 0 Å². The minimum Gasteiger partial charge on any atom is -0.440 e. The molecule has 1 saturated heterocycles. The smallest absolute Gasteiger partial charge is 0.236 e. The standard InChI is InChI=1S/C17H19N3O2S/c1-11-9-13(19-22-11)15-5-3-7-20(15)10-14-12(2)21-17(18-14)16-6-4-8-23-16/h4,6,8-9,15H,3,5,7,10H2,1-2H3/t15-/m1/s1. The quantitative estimate of drug-likeness (QED) is 0.712. The van der Waals surface area contributed by atoms with E-state index in [0.29, 0.717) is 6.04 Å². The first-order valence-electron chi connectivity index (χ1n) is 7.88. The highest BCUT2D eigenvalue weighted by atomic mass is 32.1. The van der Waals surface area contributed by atoms with Crippen molar-refractivity contribution >= 4 is 11.3 Å². The van der Waals surface area contributed by atoms with Gasteiger partial charge in [0.15, 0.2) is 0 Å². The van der Waals surface area contributed by atoms with Crippen LogP contribution in [0, 0.1) is 13.8 Å². The van der Waals surface area contributed by atoms with Crippen molar-refractivity contribution in [3.63, 3.8) is 0 Å². The van der Waals surface area contributed by atoms with Gasteiger partial charge >= 0.3 is 0 Å². The molecule has 0 saturated carbocycles. The summed E-state index contributed by atoms with van der Waals surface area (Å²) < 4.78 is 11.1. The highest BCUT2D eigenvalue weighted by Gasteiger charge is 2.29. The van der Waals surface area contributed by atoms with Crippen LogP contribution in [0.4, 0.5) is 0 Å². The number of oxazole rings is 1. The molecule has 120 valence electrons. The summed E-state index contributed by atoms with van der Waals surface area (Å²) in [6.45, 7) is 5.77. The average Bonchev–Trinajstić information content (AvgIpc) is 3.28. The molecule has 0 unspecified atom stereocenters. The van der Waals surface area contributed by atoms with E-state index in [9.17, 15) is 0 Å². The molecule has 0 spiro atoms. The zero-order valence-electron chi connectivity index (χ0n) is 13.3. The van der Waals surface area contributed by atoms with Crippen LogP contribution in [-0.2, 0) is 6.54 Å². The number of nitrogens with zero attached hydrogens (tertiary/aromatic N) is 3. The second-order valence-electron chi connectivity index (χ2n) is 5.99. The lowest BCUT2D eigenvalue weighted by atomic mass is 10.1. The molecule has 1 aliphatic rings. The van der Waals surface area contributed by atoms with Gasteiger partial charge in [-0.2, -0.15) is 0 Å². The van der Waals surface area contributed by atoms with Gasteiger partial charge in [-0.3, -0.25) is 4.90 Å². The lowest BCUT2D eigenvalue weighted by Gasteiger charge is -2.21. The van der Waals surface area contributed by atoms with E-state index in [4.69, 9.17) is 13.9 Å². The minimum absolute atomic E-state index is 0.314. The van der Waals surface area contributed by atoms with Gasteiger partial charge in [-0.25, -0.2) is 4.98 Å². The number of likely N-dealkylation sites (tertiary alicyclic amines) is 1. The van der Waals surface area contributed by atoms with Crippen LogP contribution in [0.25, 0.3) is 10.8 Å². The molecule has 0 bridgehead atoms. The predicted octanol–water partition coefficient (Wildman–Crippen LogP) is 4.35. The number of aryl methyl sites for hydroxylation is 2. The molecule has 4 rings (SSSR count). The summed E-state index contributed by atoms with van der Waals surface area (Å²) in [5.74, 6) is 2.49. The maximum atomic E-state index is 5.85. The Bertz CT molecular complexity index is 791. The van der Waals surface area contributed by atoms with Crippen LogP contribution in [0.5, 0.6) is 0 Å². The summed E-state index contributed by atoms with van der Waals surface area (Å²) in [5, 5.41) is 6.24. The summed E-state index contributed by atoms with van der Waals surface area (Å²) >= 11 is 1.65. The van der Waals surface area contributed by atoms with Crippen molar-refractivity contribution in [3.8, 4) is 10.8 Å². The molecule has 3 aromatic heterocycles. The van der Waals surface area contributed by atoms with Crippen LogP contribution in [0.2, 0.25) is 0 Å². The normalized spacial score (nSPS) is 18.8. The predicted molar refractivity (Wildman–Crippen MR) is 88.2 cm³/mol. The molecule has 3 aromatic rings. The molecule has 0 aliphatic carbocycles. The summed E-state index contributed by atoms with van der Waals surface area (Å²) in [6.07, 6.45) is 2.28. The Kier molecular flexibility index (Phi) is 3.79. The zero-order valence-corrected chi connectivity index (χ0v) is 14.1. The number of rotatable bonds is 4. The molecular formula is C17H19N3O2S. The Morgan fingerprint density at radius 2 is 2.30 bits per heavy atom. The summed E-state index contributed by atoms with van der Waals surface area (Å²) in [4.78, 5) is 8.20. The summed E-state index contributed by atoms with van der Waals surface area (Å²) in [5.41, 5.74) is 2.04. The third-order valence-corrected chi connectivity index (χ3v) is 5.19. The number of hydrogen-bond donors (Lipinski definition) is 0. The lowest BCUT2D eigenvalue weighted by Crippen LogP contribution is -2.23. The fourth-order valence-electron chi connectivity index (χ4n) is 3.17. The first-order chi connectivity index (χ1) is 11.2. The van der Waals surface area contributed by atoms with Crippen LogP contribution < -0.4 is 0 Å². The van der Waals surface area contributed by atoms with Gasteiger partial charge in [-0.15, -0.1) is 11.3 Å². The Morgan fingerprint density at radius 1 is 1.39 bits per heavy atom. The van der Waals surface area contributed by atoms with Crippen molar-refractivity contribution in [2.24, 2.45) is 0 Å². The first-order valence-corrected chi connectivity index (χ1v) is 8.76. The Balaban J connectivity index is 1.55. The molecule has 0 N–H and O–H groups in total. The highest BCUT2D eigenvalue weighted by Crippen LogP contribution is 2.34. The van der Waals surface area contributed by atoms with Crippen molar-refractivity contribution in [1.82, 2.24) is 15.0 Å². The second-order valence-corrected chi connectivity index (χ2v) is 6.94. The number of hydrogen-bond acceptors (Lipinski definition) is 6. The van der Waals surface area contributed by atoms with E-state index in [-0.39, 0.29) is 0 Å². The van der Waals surface area contributed by atoms with E-state index < -0.39 is 0 Å². The molecule has 1 fully saturated rings. The van der Waals surface area contributed by atoms with E-state index in [2.05, 4.69) is 10.1 Å². The topological polar surface area (TPSA) is 55.3 Å². The molecule has 0 radical (unpaired) electrons. The number of thiophene rings is 1. The Labute approximate surface area is 138 Å². The molecule has 23 heavy (non-hydrogen) atoms. The van der Waals surface area contributed by atoms with Gasteiger partial charge in [0.05, 0.1) is 16.6 Å². The van der Waals surface area contributed by atoms with E-state index in [1.165, 1.54) is 6.42 Å². The highest BCUT2D eigenvalue weighted by molar-refractivity contribution is 7.13. The Morgan fingerprint density at radius 3 is 3.04 bits per heavy atom. The maximum Gasteiger partial charge on any atom is 0.236 e. The van der Waals surface area contributed by atoms with Crippen LogP contribution >= 0.6 is 11.3 Å². The summed E-state index contributed by atoms with van der Waals surface area (Å²) in [7, 11) is 0. The third-order valence-electron chi connectivity index (χ3n) is 4.33. The van der Waals surface area contributed by atoms with Crippen molar-refractivity contribution in [3.05, 3.63) is 46.5 Å². The van der Waals surface area contributed by atoms with E-state index in [1.54, 1.807) is 11.3 Å². The molecular weight excluding hydrogens is 310 g/mol. The third kappa shape index (κ3) is 2.84. The van der Waals surface area contributed by atoms with Crippen LogP contribution in [-0.4, -0.2) is 21.6 Å². The lowest BCUT2D eigenvalue weighted by molar-refractivity contribution is 0.233. The fraction of sp³-hybridized carbons (Fsp3) is 0.412. The van der Waals surface area contributed by atoms with Gasteiger partial charge in [0.25, 0.3) is 0 Å². The van der Waals surface area contributed by atoms with Crippen LogP contribution in [0.1, 0.15) is 41.8 Å². The van der Waals surface area contributed by atoms with Crippen LogP contribution in [0.3, 0.4) is 0 Å². The van der Waals surface area contributed by atoms with Gasteiger partial charge in [0, 0.05) is 12.6 Å². The number of aromatic nitrogens is 2. The van der Waals surface area contributed by atoms with Gasteiger partial charge in [-0.1, -0.05) is 11.2 Å². The average molecular weight is 329 g/mol. The molecule has 1 atom stereocenters. The van der Waals surface area contributed by atoms with Crippen molar-refractivity contribution < 1.29 is 8.94 Å². The largest absolute Gasteiger partial charge is 0.440 e. The van der Waals surface area contributed by atoms with Gasteiger partial charge in [0.2, 0.25) is 5.89 Å².